The van der Waals surface area contributed by atoms with Crippen molar-refractivity contribution in [1.82, 2.24) is 0 Å². The molecule has 0 N–H and O–H groups in total. The Labute approximate surface area is 136 Å². The molecule has 0 rings (SSSR count). The van der Waals surface area contributed by atoms with Gasteiger partial charge in [0.15, 0.2) is 0 Å². The predicted octanol–water partition coefficient (Wildman–Crippen LogP) is -0.659. The summed E-state index contributed by atoms with van der Waals surface area (Å²) >= 11 is 0. The van der Waals surface area contributed by atoms with Crippen molar-refractivity contribution in [2.24, 2.45) is 0 Å². The van der Waals surface area contributed by atoms with Crippen LogP contribution < -0.4 is 0 Å². The van der Waals surface area contributed by atoms with Gasteiger partial charge in [0.1, 0.15) is 0 Å². The van der Waals surface area contributed by atoms with Crippen LogP contribution in [0.2, 0.25) is 0 Å². The summed E-state index contributed by atoms with van der Waals surface area (Å²) in [7, 11) is 0. The van der Waals surface area contributed by atoms with Crippen molar-refractivity contribution in [1.29, 1.82) is 0 Å². The molecule has 0 aliphatic carbocycles. The SMILES string of the molecule is [Hg].[Hg].[Hg].[Hg].[NaH]. The number of hydrogen-bond donors (Lipinski definition) is 0. The molecule has 5 heteroatoms. The molecule has 0 aromatic heterocycles. The van der Waals surface area contributed by atoms with Crippen molar-refractivity contribution in [3.63, 3.8) is 0 Å². The average Bonchev–Trinajstić information content (AvgIpc) is 0. The van der Waals surface area contributed by atoms with E-state index in [1.165, 1.54) is 0 Å². The van der Waals surface area contributed by atoms with Crippen LogP contribution in [0.15, 0.2) is 0 Å². The van der Waals surface area contributed by atoms with Gasteiger partial charge in [0.2, 0.25) is 0 Å². The van der Waals surface area contributed by atoms with E-state index in [0.29, 0.717) is 0 Å². The second-order valence-corrected chi connectivity index (χ2v) is 0. The quantitative estimate of drug-likeness (QED) is 0.285. The first-order valence-corrected chi connectivity index (χ1v) is 0. The molecule has 5 heavy (non-hydrogen) atoms. The fourth-order valence-corrected chi connectivity index (χ4v) is 0. The number of rotatable bonds is 0. The Hall–Kier alpha value is 4.74. The van der Waals surface area contributed by atoms with Gasteiger partial charge in [0.25, 0.3) is 0 Å². The Bertz CT molecular complexity index is 3.61. The summed E-state index contributed by atoms with van der Waals surface area (Å²) in [4.78, 5) is 0. The van der Waals surface area contributed by atoms with Gasteiger partial charge in [-0.15, -0.1) is 0 Å². The Kier molecular flexibility index (Phi) is 154. The van der Waals surface area contributed by atoms with Crippen LogP contribution in [-0.4, -0.2) is 29.6 Å². The molecule has 0 bridgehead atoms. The third-order valence-corrected chi connectivity index (χ3v) is 0. The monoisotopic (exact) mass is 832 g/mol. The fraction of sp³-hybridized carbons (Fsp3) is 0. The Morgan fingerprint density at radius 2 is 0.400 bits per heavy atom. The Balaban J connectivity index is 0. The molecular weight excluding hydrogens is 825 g/mol. The normalized spacial score (nSPS) is 0. The molecule has 0 nitrogen and oxygen atoms in total. The van der Waals surface area contributed by atoms with Crippen molar-refractivity contribution in [2.75, 3.05) is 0 Å². The fourth-order valence-electron chi connectivity index (χ4n) is 0. The molecule has 0 amide bonds. The van der Waals surface area contributed by atoms with Crippen molar-refractivity contribution in [3.8, 4) is 0 Å². The van der Waals surface area contributed by atoms with Gasteiger partial charge >= 0.3 is 29.6 Å². The zero-order valence-corrected chi connectivity index (χ0v) is 24.8. The molecule has 0 heterocycles. The van der Waals surface area contributed by atoms with Crippen LogP contribution >= 0.6 is 0 Å². The third-order valence-electron chi connectivity index (χ3n) is 0. The van der Waals surface area contributed by atoms with Crippen LogP contribution in [0.25, 0.3) is 0 Å². The van der Waals surface area contributed by atoms with Gasteiger partial charge in [-0.25, -0.2) is 0 Å². The zero-order chi connectivity index (χ0) is 0. The summed E-state index contributed by atoms with van der Waals surface area (Å²) in [6.45, 7) is 0. The minimum absolute atomic E-state index is 0. The standard InChI is InChI=1S/4Hg.Na.H. The minimum atomic E-state index is 0. The molecule has 0 saturated heterocycles. The van der Waals surface area contributed by atoms with Gasteiger partial charge in [-0.05, 0) is 0 Å². The molecule has 0 unspecified atom stereocenters. The van der Waals surface area contributed by atoms with Crippen molar-refractivity contribution in [3.05, 3.63) is 0 Å². The van der Waals surface area contributed by atoms with Crippen molar-refractivity contribution >= 4 is 29.6 Å². The molecule has 0 saturated carbocycles. The Morgan fingerprint density at radius 1 is 0.400 bits per heavy atom. The van der Waals surface area contributed by atoms with Gasteiger partial charge in [-0.1, -0.05) is 0 Å². The van der Waals surface area contributed by atoms with Gasteiger partial charge in [0.05, 0.1) is 0 Å². The molecule has 0 fully saturated rings. The summed E-state index contributed by atoms with van der Waals surface area (Å²) in [5, 5.41) is 0. The average molecular weight is 826 g/mol. The van der Waals surface area contributed by atoms with Crippen LogP contribution in [0.5, 0.6) is 0 Å². The summed E-state index contributed by atoms with van der Waals surface area (Å²) in [5.74, 6) is 0. The van der Waals surface area contributed by atoms with E-state index in [-0.39, 0.29) is 140 Å². The summed E-state index contributed by atoms with van der Waals surface area (Å²) in [6.07, 6.45) is 0. The van der Waals surface area contributed by atoms with Crippen LogP contribution in [-0.2, 0) is 111 Å². The molecule has 0 aliphatic heterocycles. The zero-order valence-electron chi connectivity index (χ0n) is 2.83. The van der Waals surface area contributed by atoms with Crippen LogP contribution in [0.4, 0.5) is 0 Å². The van der Waals surface area contributed by atoms with Gasteiger partial charge in [0, 0.05) is 111 Å². The first-order chi connectivity index (χ1) is 0. The molecule has 0 aromatic carbocycles. The van der Waals surface area contributed by atoms with E-state index in [4.69, 9.17) is 0 Å². The van der Waals surface area contributed by atoms with Gasteiger partial charge in [-0.2, -0.15) is 0 Å². The Morgan fingerprint density at radius 3 is 0.400 bits per heavy atom. The predicted molar refractivity (Wildman–Crippen MR) is 7.15 cm³/mol. The van der Waals surface area contributed by atoms with Gasteiger partial charge < -0.3 is 0 Å². The second-order valence-electron chi connectivity index (χ2n) is 0. The summed E-state index contributed by atoms with van der Waals surface area (Å²) < 4.78 is 0. The maximum absolute atomic E-state index is 0. The van der Waals surface area contributed by atoms with E-state index >= 15 is 0 Å². The van der Waals surface area contributed by atoms with E-state index in [1.807, 2.05) is 0 Å². The molecule has 0 aromatic rings. The van der Waals surface area contributed by atoms with Crippen molar-refractivity contribution in [2.45, 2.75) is 0 Å². The number of hydrogen-bond acceptors (Lipinski definition) is 0. The molecular formula is HHg4Na. The molecule has 0 atom stereocenters. The van der Waals surface area contributed by atoms with Crippen LogP contribution in [0, 0.1) is 0 Å². The van der Waals surface area contributed by atoms with Crippen molar-refractivity contribution < 1.29 is 111 Å². The third kappa shape index (κ3) is 17.7. The molecule has 0 aliphatic rings. The molecule has 0 spiro atoms. The van der Waals surface area contributed by atoms with Crippen LogP contribution in [0.1, 0.15) is 0 Å². The molecule has 10 valence electrons. The topological polar surface area (TPSA) is 0 Å². The second kappa shape index (κ2) is 23.3. The van der Waals surface area contributed by atoms with Crippen LogP contribution in [0.3, 0.4) is 0 Å². The van der Waals surface area contributed by atoms with E-state index in [2.05, 4.69) is 0 Å². The van der Waals surface area contributed by atoms with E-state index in [0.717, 1.165) is 0 Å². The van der Waals surface area contributed by atoms with E-state index in [9.17, 15) is 0 Å². The maximum atomic E-state index is 0. The van der Waals surface area contributed by atoms with Gasteiger partial charge in [-0.3, -0.25) is 0 Å². The summed E-state index contributed by atoms with van der Waals surface area (Å²) in [5.41, 5.74) is 0. The van der Waals surface area contributed by atoms with E-state index in [1.54, 1.807) is 0 Å². The first kappa shape index (κ1) is 33.1. The summed E-state index contributed by atoms with van der Waals surface area (Å²) in [6, 6.07) is 0. The molecule has 0 radical (unpaired) electrons. The first-order valence-electron chi connectivity index (χ1n) is 0. The van der Waals surface area contributed by atoms with E-state index < -0.39 is 0 Å².